The standard InChI is InChI=1S/C17H16FN5O4/c18-14-9-12(3-6-16(14)21-7-1-2-8-21)11-19-20-15-5-4-13(22(24)25)10-17(15)23(26)27/h3-6,9-11,20H,1-2,7-8H2/b19-11-. The quantitative estimate of drug-likeness (QED) is 0.469. The van der Waals surface area contributed by atoms with Gasteiger partial charge in [0, 0.05) is 19.2 Å². The molecule has 0 spiro atoms. The minimum absolute atomic E-state index is 0.00370. The number of benzene rings is 2. The van der Waals surface area contributed by atoms with Crippen LogP contribution in [-0.2, 0) is 0 Å². The van der Waals surface area contributed by atoms with Gasteiger partial charge in [0.1, 0.15) is 11.5 Å². The number of anilines is 2. The fraction of sp³-hybridized carbons (Fsp3) is 0.235. The second-order valence-corrected chi connectivity index (χ2v) is 5.99. The molecule has 0 unspecified atom stereocenters. The molecule has 1 N–H and O–H groups in total. The van der Waals surface area contributed by atoms with Crippen LogP contribution in [0.1, 0.15) is 18.4 Å². The van der Waals surface area contributed by atoms with Crippen molar-refractivity contribution < 1.29 is 14.2 Å². The maximum atomic E-state index is 14.3. The molecule has 0 aromatic heterocycles. The van der Waals surface area contributed by atoms with Crippen molar-refractivity contribution in [2.45, 2.75) is 12.8 Å². The molecule has 2 aromatic carbocycles. The molecule has 10 heteroatoms. The molecule has 1 aliphatic rings. The topological polar surface area (TPSA) is 114 Å². The van der Waals surface area contributed by atoms with Gasteiger partial charge in [0.15, 0.2) is 0 Å². The normalized spacial score (nSPS) is 13.9. The second kappa shape index (κ2) is 7.77. The van der Waals surface area contributed by atoms with E-state index in [-0.39, 0.29) is 11.5 Å². The lowest BCUT2D eigenvalue weighted by Gasteiger charge is -2.18. The second-order valence-electron chi connectivity index (χ2n) is 5.99. The summed E-state index contributed by atoms with van der Waals surface area (Å²) in [4.78, 5) is 22.3. The van der Waals surface area contributed by atoms with Gasteiger partial charge in [-0.15, -0.1) is 0 Å². The van der Waals surface area contributed by atoms with E-state index in [1.807, 2.05) is 4.90 Å². The van der Waals surface area contributed by atoms with Gasteiger partial charge in [-0.05, 0) is 36.6 Å². The third-order valence-corrected chi connectivity index (χ3v) is 4.21. The maximum absolute atomic E-state index is 14.3. The van der Waals surface area contributed by atoms with Crippen molar-refractivity contribution >= 4 is 29.0 Å². The highest BCUT2D eigenvalue weighted by molar-refractivity contribution is 5.81. The highest BCUT2D eigenvalue weighted by Crippen LogP contribution is 2.29. The van der Waals surface area contributed by atoms with Crippen molar-refractivity contribution in [1.82, 2.24) is 0 Å². The molecule has 0 aliphatic carbocycles. The van der Waals surface area contributed by atoms with Crippen LogP contribution in [0.4, 0.5) is 27.1 Å². The molecule has 3 rings (SSSR count). The van der Waals surface area contributed by atoms with E-state index in [0.717, 1.165) is 38.1 Å². The Morgan fingerprint density at radius 2 is 1.81 bits per heavy atom. The van der Waals surface area contributed by atoms with Crippen molar-refractivity contribution in [3.05, 3.63) is 68.0 Å². The Balaban J connectivity index is 1.74. The van der Waals surface area contributed by atoms with Gasteiger partial charge < -0.3 is 4.90 Å². The molecule has 1 saturated heterocycles. The fourth-order valence-electron chi connectivity index (χ4n) is 2.87. The van der Waals surface area contributed by atoms with Crippen molar-refractivity contribution in [3.63, 3.8) is 0 Å². The summed E-state index contributed by atoms with van der Waals surface area (Å²) in [6.45, 7) is 1.66. The van der Waals surface area contributed by atoms with Gasteiger partial charge in [0.2, 0.25) is 0 Å². The van der Waals surface area contributed by atoms with Gasteiger partial charge in [0.25, 0.3) is 5.69 Å². The molecular formula is C17H16FN5O4. The van der Waals surface area contributed by atoms with E-state index in [1.54, 1.807) is 12.1 Å². The molecule has 0 amide bonds. The summed E-state index contributed by atoms with van der Waals surface area (Å²) in [5.41, 5.74) is 2.62. The first kappa shape index (κ1) is 18.2. The Labute approximate surface area is 153 Å². The summed E-state index contributed by atoms with van der Waals surface area (Å²) in [7, 11) is 0. The lowest BCUT2D eigenvalue weighted by atomic mass is 10.2. The predicted octanol–water partition coefficient (Wildman–Crippen LogP) is 3.69. The summed E-state index contributed by atoms with van der Waals surface area (Å²) >= 11 is 0. The van der Waals surface area contributed by atoms with Crippen LogP contribution in [0.5, 0.6) is 0 Å². The van der Waals surface area contributed by atoms with Crippen molar-refractivity contribution in [2.24, 2.45) is 5.10 Å². The van der Waals surface area contributed by atoms with E-state index >= 15 is 0 Å². The summed E-state index contributed by atoms with van der Waals surface area (Å²) in [5.74, 6) is -0.359. The van der Waals surface area contributed by atoms with Crippen LogP contribution in [0.25, 0.3) is 0 Å². The number of nitrogens with zero attached hydrogens (tertiary/aromatic N) is 4. The van der Waals surface area contributed by atoms with Crippen LogP contribution in [0.15, 0.2) is 41.5 Å². The molecule has 1 fully saturated rings. The number of rotatable bonds is 6. The van der Waals surface area contributed by atoms with Crippen molar-refractivity contribution in [3.8, 4) is 0 Å². The molecule has 1 aliphatic heterocycles. The number of hydrogen-bond donors (Lipinski definition) is 1. The van der Waals surface area contributed by atoms with Gasteiger partial charge in [0.05, 0.1) is 27.8 Å². The average Bonchev–Trinajstić information content (AvgIpc) is 3.16. The monoisotopic (exact) mass is 373 g/mol. The third-order valence-electron chi connectivity index (χ3n) is 4.21. The highest BCUT2D eigenvalue weighted by Gasteiger charge is 2.19. The fourth-order valence-corrected chi connectivity index (χ4v) is 2.87. The van der Waals surface area contributed by atoms with Crippen molar-refractivity contribution in [2.75, 3.05) is 23.4 Å². The molecule has 1 heterocycles. The van der Waals surface area contributed by atoms with Crippen LogP contribution < -0.4 is 10.3 Å². The zero-order chi connectivity index (χ0) is 19.4. The van der Waals surface area contributed by atoms with Gasteiger partial charge >= 0.3 is 5.69 Å². The van der Waals surface area contributed by atoms with Crippen molar-refractivity contribution in [1.29, 1.82) is 0 Å². The van der Waals surface area contributed by atoms with Crippen LogP contribution in [0.2, 0.25) is 0 Å². The van der Waals surface area contributed by atoms with Crippen LogP contribution in [0.3, 0.4) is 0 Å². The molecule has 0 radical (unpaired) electrons. The largest absolute Gasteiger partial charge is 0.369 e. The maximum Gasteiger partial charge on any atom is 0.301 e. The van der Waals surface area contributed by atoms with Gasteiger partial charge in [-0.3, -0.25) is 25.7 Å². The van der Waals surface area contributed by atoms with E-state index in [9.17, 15) is 24.6 Å². The Morgan fingerprint density at radius 3 is 2.44 bits per heavy atom. The van der Waals surface area contributed by atoms with Gasteiger partial charge in [-0.2, -0.15) is 5.10 Å². The minimum atomic E-state index is -0.741. The molecular weight excluding hydrogens is 357 g/mol. The van der Waals surface area contributed by atoms with Crippen LogP contribution in [0, 0.1) is 26.0 Å². The first-order chi connectivity index (χ1) is 13.0. The average molecular weight is 373 g/mol. The molecule has 9 nitrogen and oxygen atoms in total. The zero-order valence-corrected chi connectivity index (χ0v) is 14.2. The highest BCUT2D eigenvalue weighted by atomic mass is 19.1. The molecule has 27 heavy (non-hydrogen) atoms. The van der Waals surface area contributed by atoms with E-state index in [0.29, 0.717) is 11.3 Å². The predicted molar refractivity (Wildman–Crippen MR) is 98.8 cm³/mol. The number of halogens is 1. The molecule has 0 atom stereocenters. The molecule has 0 saturated carbocycles. The van der Waals surface area contributed by atoms with E-state index in [1.165, 1.54) is 18.3 Å². The zero-order valence-electron chi connectivity index (χ0n) is 14.2. The molecule has 2 aromatic rings. The van der Waals surface area contributed by atoms with E-state index < -0.39 is 21.2 Å². The lowest BCUT2D eigenvalue weighted by Crippen LogP contribution is -2.18. The number of non-ortho nitro benzene ring substituents is 1. The Morgan fingerprint density at radius 1 is 1.07 bits per heavy atom. The Bertz CT molecular complexity index is 912. The third kappa shape index (κ3) is 4.17. The van der Waals surface area contributed by atoms with Crippen LogP contribution >= 0.6 is 0 Å². The summed E-state index contributed by atoms with van der Waals surface area (Å²) < 4.78 is 14.3. The first-order valence-electron chi connectivity index (χ1n) is 8.22. The van der Waals surface area contributed by atoms with Gasteiger partial charge in [-0.1, -0.05) is 6.07 Å². The molecule has 0 bridgehead atoms. The number of hydrogen-bond acceptors (Lipinski definition) is 7. The SMILES string of the molecule is O=[N+]([O-])c1ccc(N/N=C\c2ccc(N3CCCC3)c(F)c2)c([N+](=O)[O-])c1. The molecule has 140 valence electrons. The van der Waals surface area contributed by atoms with E-state index in [2.05, 4.69) is 10.5 Å². The summed E-state index contributed by atoms with van der Waals surface area (Å²) in [6, 6.07) is 7.90. The number of nitro benzene ring substituents is 2. The number of nitrogens with one attached hydrogen (secondary N) is 1. The lowest BCUT2D eigenvalue weighted by molar-refractivity contribution is -0.393. The van der Waals surface area contributed by atoms with Crippen LogP contribution in [-0.4, -0.2) is 29.2 Å². The number of hydrazone groups is 1. The minimum Gasteiger partial charge on any atom is -0.369 e. The summed E-state index contributed by atoms with van der Waals surface area (Å²) in [5, 5.41) is 25.7. The number of nitro groups is 2. The summed E-state index contributed by atoms with van der Waals surface area (Å²) in [6.07, 6.45) is 3.41. The van der Waals surface area contributed by atoms with Gasteiger partial charge in [-0.25, -0.2) is 4.39 Å². The smallest absolute Gasteiger partial charge is 0.301 e. The Hall–Kier alpha value is -3.56. The van der Waals surface area contributed by atoms with E-state index in [4.69, 9.17) is 0 Å². The Kier molecular flexibility index (Phi) is 5.25. The first-order valence-corrected chi connectivity index (χ1v) is 8.22.